The Balaban J connectivity index is 1.58. The van der Waals surface area contributed by atoms with Crippen LogP contribution in [0, 0.1) is 0 Å². The molecule has 1 heterocycles. The molecule has 0 bridgehead atoms. The first-order valence-electron chi connectivity index (χ1n) is 9.71. The number of para-hydroxylation sites is 2. The highest BCUT2D eigenvalue weighted by molar-refractivity contribution is 6.22. The highest BCUT2D eigenvalue weighted by Crippen LogP contribution is 2.34. The molecule has 4 rings (SSSR count). The van der Waals surface area contributed by atoms with E-state index < -0.39 is 6.04 Å². The zero-order valence-electron chi connectivity index (χ0n) is 15.6. The fourth-order valence-corrected chi connectivity index (χ4v) is 4.11. The number of benzene rings is 2. The van der Waals surface area contributed by atoms with Crippen LogP contribution in [-0.4, -0.2) is 34.8 Å². The summed E-state index contributed by atoms with van der Waals surface area (Å²) < 4.78 is 0. The van der Waals surface area contributed by atoms with Gasteiger partial charge in [0.1, 0.15) is 6.04 Å². The highest BCUT2D eigenvalue weighted by Gasteiger charge is 2.49. The molecule has 0 spiro atoms. The van der Waals surface area contributed by atoms with Crippen LogP contribution in [0.25, 0.3) is 0 Å². The number of hydrogen-bond donors (Lipinski definition) is 1. The smallest absolute Gasteiger partial charge is 0.326 e. The molecule has 0 unspecified atom stereocenters. The Morgan fingerprint density at radius 3 is 2.18 bits per heavy atom. The van der Waals surface area contributed by atoms with Gasteiger partial charge in [0.2, 0.25) is 5.91 Å². The van der Waals surface area contributed by atoms with Crippen LogP contribution in [0.1, 0.15) is 32.1 Å². The molecule has 0 aromatic heterocycles. The summed E-state index contributed by atoms with van der Waals surface area (Å²) in [5.41, 5.74) is 1.23. The summed E-state index contributed by atoms with van der Waals surface area (Å²) in [6.45, 7) is 0. The number of imide groups is 1. The van der Waals surface area contributed by atoms with Gasteiger partial charge < -0.3 is 10.2 Å². The van der Waals surface area contributed by atoms with Crippen molar-refractivity contribution in [3.63, 3.8) is 0 Å². The van der Waals surface area contributed by atoms with E-state index in [1.165, 1.54) is 4.90 Å². The highest BCUT2D eigenvalue weighted by atomic mass is 16.2. The number of anilines is 2. The van der Waals surface area contributed by atoms with Crippen molar-refractivity contribution in [1.82, 2.24) is 4.90 Å². The molecule has 0 radical (unpaired) electrons. The maximum atomic E-state index is 13.2. The Morgan fingerprint density at radius 2 is 1.54 bits per heavy atom. The molecule has 1 saturated carbocycles. The lowest BCUT2D eigenvalue weighted by atomic mass is 10.1. The third-order valence-corrected chi connectivity index (χ3v) is 5.42. The van der Waals surface area contributed by atoms with Crippen LogP contribution in [0.2, 0.25) is 0 Å². The lowest BCUT2D eigenvalue weighted by Crippen LogP contribution is -2.43. The van der Waals surface area contributed by atoms with Gasteiger partial charge in [-0.1, -0.05) is 49.2 Å². The molecule has 1 aliphatic carbocycles. The molecule has 4 amide bonds. The van der Waals surface area contributed by atoms with Crippen molar-refractivity contribution in [3.05, 3.63) is 60.7 Å². The minimum atomic E-state index is -0.764. The average Bonchev–Trinajstić information content (AvgIpc) is 3.30. The normalized spacial score (nSPS) is 20.1. The predicted molar refractivity (Wildman–Crippen MR) is 107 cm³/mol. The number of amides is 4. The Hall–Kier alpha value is -3.15. The van der Waals surface area contributed by atoms with E-state index in [1.54, 1.807) is 41.3 Å². The number of carbonyl (C=O) groups excluding carboxylic acids is 3. The SMILES string of the molecule is O=C(C[C@H]1C(=O)N(c2ccccc2)C(=O)N1C1CCCC1)Nc1ccccc1. The summed E-state index contributed by atoms with van der Waals surface area (Å²) in [4.78, 5) is 41.8. The van der Waals surface area contributed by atoms with Crippen molar-refractivity contribution in [1.29, 1.82) is 0 Å². The molecule has 2 aliphatic rings. The van der Waals surface area contributed by atoms with Crippen LogP contribution in [-0.2, 0) is 9.59 Å². The first kappa shape index (κ1) is 18.2. The Morgan fingerprint density at radius 1 is 0.929 bits per heavy atom. The number of nitrogens with zero attached hydrogens (tertiary/aromatic N) is 2. The van der Waals surface area contributed by atoms with Gasteiger partial charge in [0, 0.05) is 11.7 Å². The zero-order valence-corrected chi connectivity index (χ0v) is 15.6. The van der Waals surface area contributed by atoms with E-state index in [1.807, 2.05) is 24.3 Å². The van der Waals surface area contributed by atoms with E-state index in [4.69, 9.17) is 0 Å². The summed E-state index contributed by atoms with van der Waals surface area (Å²) in [5, 5.41) is 2.82. The largest absolute Gasteiger partial charge is 0.332 e. The summed E-state index contributed by atoms with van der Waals surface area (Å²) in [6.07, 6.45) is 3.78. The van der Waals surface area contributed by atoms with Gasteiger partial charge in [-0.15, -0.1) is 0 Å². The summed E-state index contributed by atoms with van der Waals surface area (Å²) in [5.74, 6) is -0.596. The first-order chi connectivity index (χ1) is 13.6. The second kappa shape index (κ2) is 7.84. The van der Waals surface area contributed by atoms with E-state index in [-0.39, 0.29) is 30.3 Å². The molecule has 2 fully saturated rings. The maximum absolute atomic E-state index is 13.2. The van der Waals surface area contributed by atoms with E-state index in [0.717, 1.165) is 25.7 Å². The summed E-state index contributed by atoms with van der Waals surface area (Å²) >= 11 is 0. The molecular formula is C22H23N3O3. The van der Waals surface area contributed by atoms with Crippen LogP contribution in [0.15, 0.2) is 60.7 Å². The van der Waals surface area contributed by atoms with Crippen molar-refractivity contribution in [2.45, 2.75) is 44.2 Å². The van der Waals surface area contributed by atoms with Crippen LogP contribution in [0.5, 0.6) is 0 Å². The molecule has 1 saturated heterocycles. The number of urea groups is 1. The summed E-state index contributed by atoms with van der Waals surface area (Å²) in [6, 6.07) is 17.0. The zero-order chi connectivity index (χ0) is 19.5. The van der Waals surface area contributed by atoms with Crippen LogP contribution < -0.4 is 10.2 Å². The van der Waals surface area contributed by atoms with Gasteiger partial charge in [0.15, 0.2) is 0 Å². The fraction of sp³-hybridized carbons (Fsp3) is 0.318. The second-order valence-corrected chi connectivity index (χ2v) is 7.27. The minimum absolute atomic E-state index is 0.0136. The van der Waals surface area contributed by atoms with Crippen molar-refractivity contribution >= 4 is 29.2 Å². The Kier molecular flexibility index (Phi) is 5.10. The lowest BCUT2D eigenvalue weighted by molar-refractivity contribution is -0.124. The molecule has 6 nitrogen and oxygen atoms in total. The topological polar surface area (TPSA) is 69.7 Å². The van der Waals surface area contributed by atoms with Gasteiger partial charge in [-0.3, -0.25) is 9.59 Å². The van der Waals surface area contributed by atoms with Gasteiger partial charge in [-0.25, -0.2) is 9.69 Å². The quantitative estimate of drug-likeness (QED) is 0.806. The third-order valence-electron chi connectivity index (χ3n) is 5.42. The van der Waals surface area contributed by atoms with Crippen LogP contribution in [0.3, 0.4) is 0 Å². The number of hydrogen-bond acceptors (Lipinski definition) is 3. The molecular weight excluding hydrogens is 354 g/mol. The van der Waals surface area contributed by atoms with E-state index in [9.17, 15) is 14.4 Å². The van der Waals surface area contributed by atoms with Crippen molar-refractivity contribution in [2.24, 2.45) is 0 Å². The van der Waals surface area contributed by atoms with Gasteiger partial charge in [-0.05, 0) is 37.1 Å². The average molecular weight is 377 g/mol. The molecule has 6 heteroatoms. The second-order valence-electron chi connectivity index (χ2n) is 7.27. The number of nitrogens with one attached hydrogen (secondary N) is 1. The van der Waals surface area contributed by atoms with E-state index in [2.05, 4.69) is 5.32 Å². The Bertz CT molecular complexity index is 863. The van der Waals surface area contributed by atoms with Crippen LogP contribution >= 0.6 is 0 Å². The van der Waals surface area contributed by atoms with Crippen molar-refractivity contribution in [3.8, 4) is 0 Å². The summed E-state index contributed by atoms with van der Waals surface area (Å²) in [7, 11) is 0. The molecule has 1 N–H and O–H groups in total. The fourth-order valence-electron chi connectivity index (χ4n) is 4.11. The lowest BCUT2D eigenvalue weighted by Gasteiger charge is -2.27. The molecule has 144 valence electrons. The predicted octanol–water partition coefficient (Wildman–Crippen LogP) is 3.80. The Labute approximate surface area is 164 Å². The first-order valence-corrected chi connectivity index (χ1v) is 9.71. The molecule has 28 heavy (non-hydrogen) atoms. The number of rotatable bonds is 5. The van der Waals surface area contributed by atoms with Gasteiger partial charge >= 0.3 is 6.03 Å². The standard InChI is InChI=1S/C22H23N3O3/c26-20(23-16-9-3-1-4-10-16)15-19-21(27)25(18-11-5-2-6-12-18)22(28)24(19)17-13-7-8-14-17/h1-6,9-12,17,19H,7-8,13-15H2,(H,23,26)/t19-/m0/s1. The van der Waals surface area contributed by atoms with Crippen molar-refractivity contribution < 1.29 is 14.4 Å². The van der Waals surface area contributed by atoms with E-state index >= 15 is 0 Å². The minimum Gasteiger partial charge on any atom is -0.326 e. The van der Waals surface area contributed by atoms with Gasteiger partial charge in [0.25, 0.3) is 5.91 Å². The molecule has 2 aromatic rings. The van der Waals surface area contributed by atoms with Crippen molar-refractivity contribution in [2.75, 3.05) is 10.2 Å². The monoisotopic (exact) mass is 377 g/mol. The third kappa shape index (κ3) is 3.50. The van der Waals surface area contributed by atoms with Gasteiger partial charge in [0.05, 0.1) is 12.1 Å². The molecule has 1 atom stereocenters. The molecule has 1 aliphatic heterocycles. The number of carbonyl (C=O) groups is 3. The maximum Gasteiger partial charge on any atom is 0.332 e. The molecule has 2 aromatic carbocycles. The van der Waals surface area contributed by atoms with E-state index in [0.29, 0.717) is 11.4 Å². The van der Waals surface area contributed by atoms with Crippen LogP contribution in [0.4, 0.5) is 16.2 Å². The van der Waals surface area contributed by atoms with Gasteiger partial charge in [-0.2, -0.15) is 0 Å².